The van der Waals surface area contributed by atoms with Crippen molar-refractivity contribution in [1.29, 1.82) is 0 Å². The summed E-state index contributed by atoms with van der Waals surface area (Å²) < 4.78 is 8.33. The number of halogens is 1. The Morgan fingerprint density at radius 1 is 1.36 bits per heavy atom. The van der Waals surface area contributed by atoms with Crippen molar-refractivity contribution in [2.75, 3.05) is 0 Å². The van der Waals surface area contributed by atoms with Crippen LogP contribution in [0.4, 0.5) is 0 Å². The Kier molecular flexibility index (Phi) is 5.36. The van der Waals surface area contributed by atoms with Gasteiger partial charge in [-0.25, -0.2) is 0 Å². The van der Waals surface area contributed by atoms with Gasteiger partial charge in [-0.1, -0.05) is 43.4 Å². The number of hydrogen-bond donors (Lipinski definition) is 0. The molecule has 0 aromatic rings. The highest BCUT2D eigenvalue weighted by Crippen LogP contribution is 2.37. The first-order valence-corrected chi connectivity index (χ1v) is 9.22. The average Bonchev–Trinajstić information content (AvgIpc) is 2.00. The molecule has 0 aliphatic heterocycles. The molecule has 14 heavy (non-hydrogen) atoms. The van der Waals surface area contributed by atoms with Gasteiger partial charge in [0.2, 0.25) is 0 Å². The standard InChI is InChI=1S/C11H23IOSi/c1-9(8-12)10(2)13-14(6,7)11(3,4)5/h8,10H,1-7H3/b9-8+. The van der Waals surface area contributed by atoms with Crippen LogP contribution in [0, 0.1) is 0 Å². The quantitative estimate of drug-likeness (QED) is 0.538. The van der Waals surface area contributed by atoms with E-state index in [-0.39, 0.29) is 6.10 Å². The maximum absolute atomic E-state index is 6.22. The fourth-order valence-corrected chi connectivity index (χ4v) is 2.73. The van der Waals surface area contributed by atoms with Gasteiger partial charge in [-0.3, -0.25) is 0 Å². The molecule has 0 amide bonds. The molecule has 0 heterocycles. The molecule has 0 aliphatic carbocycles. The molecular weight excluding hydrogens is 303 g/mol. The molecule has 0 saturated heterocycles. The van der Waals surface area contributed by atoms with Gasteiger partial charge in [-0.15, -0.1) is 0 Å². The normalized spacial score (nSPS) is 17.0. The largest absolute Gasteiger partial charge is 0.411 e. The van der Waals surface area contributed by atoms with Crippen molar-refractivity contribution < 1.29 is 4.43 Å². The van der Waals surface area contributed by atoms with E-state index in [1.54, 1.807) is 0 Å². The highest BCUT2D eigenvalue weighted by atomic mass is 127. The molecular formula is C11H23IOSi. The molecule has 84 valence electrons. The summed E-state index contributed by atoms with van der Waals surface area (Å²) in [6.45, 7) is 15.7. The van der Waals surface area contributed by atoms with Crippen LogP contribution >= 0.6 is 22.6 Å². The van der Waals surface area contributed by atoms with Crippen molar-refractivity contribution in [3.8, 4) is 0 Å². The second kappa shape index (κ2) is 5.12. The predicted molar refractivity (Wildman–Crippen MR) is 75.5 cm³/mol. The second-order valence-electron chi connectivity index (χ2n) is 5.37. The van der Waals surface area contributed by atoms with E-state index >= 15 is 0 Å². The lowest BCUT2D eigenvalue weighted by Gasteiger charge is -2.38. The minimum Gasteiger partial charge on any atom is -0.411 e. The zero-order valence-corrected chi connectivity index (χ0v) is 13.6. The molecule has 0 saturated carbocycles. The van der Waals surface area contributed by atoms with Crippen LogP contribution in [0.2, 0.25) is 18.1 Å². The van der Waals surface area contributed by atoms with E-state index in [1.807, 2.05) is 0 Å². The Bertz CT molecular complexity index is 216. The van der Waals surface area contributed by atoms with Crippen molar-refractivity contribution >= 4 is 30.9 Å². The van der Waals surface area contributed by atoms with E-state index in [1.165, 1.54) is 5.57 Å². The van der Waals surface area contributed by atoms with E-state index in [9.17, 15) is 0 Å². The van der Waals surface area contributed by atoms with Crippen LogP contribution in [-0.4, -0.2) is 14.4 Å². The molecule has 1 unspecified atom stereocenters. The number of hydrogen-bond acceptors (Lipinski definition) is 1. The lowest BCUT2D eigenvalue weighted by molar-refractivity contribution is 0.232. The van der Waals surface area contributed by atoms with E-state index in [2.05, 4.69) is 74.4 Å². The molecule has 0 aromatic heterocycles. The Hall–Kier alpha value is 0.647. The molecule has 0 rings (SSSR count). The molecule has 0 N–H and O–H groups in total. The van der Waals surface area contributed by atoms with Crippen LogP contribution in [0.3, 0.4) is 0 Å². The van der Waals surface area contributed by atoms with Crippen molar-refractivity contribution in [3.05, 3.63) is 9.66 Å². The Morgan fingerprint density at radius 3 is 2.07 bits per heavy atom. The van der Waals surface area contributed by atoms with Gasteiger partial charge in [0.25, 0.3) is 0 Å². The van der Waals surface area contributed by atoms with Crippen LogP contribution in [0.5, 0.6) is 0 Å². The van der Waals surface area contributed by atoms with Gasteiger partial charge < -0.3 is 4.43 Å². The summed E-state index contributed by atoms with van der Waals surface area (Å²) in [5.41, 5.74) is 1.32. The molecule has 3 heteroatoms. The lowest BCUT2D eigenvalue weighted by atomic mass is 10.2. The van der Waals surface area contributed by atoms with Crippen LogP contribution in [0.1, 0.15) is 34.6 Å². The average molecular weight is 326 g/mol. The molecule has 1 atom stereocenters. The van der Waals surface area contributed by atoms with Gasteiger partial charge in [0, 0.05) is 0 Å². The van der Waals surface area contributed by atoms with Crippen LogP contribution < -0.4 is 0 Å². The third kappa shape index (κ3) is 4.02. The molecule has 0 radical (unpaired) electrons. The zero-order chi connectivity index (χ0) is 11.6. The van der Waals surface area contributed by atoms with Gasteiger partial charge in [-0.2, -0.15) is 0 Å². The fraction of sp³-hybridized carbons (Fsp3) is 0.818. The lowest BCUT2D eigenvalue weighted by Crippen LogP contribution is -2.43. The van der Waals surface area contributed by atoms with Gasteiger partial charge in [0.1, 0.15) is 0 Å². The summed E-state index contributed by atoms with van der Waals surface area (Å²) in [4.78, 5) is 0. The fourth-order valence-electron chi connectivity index (χ4n) is 0.800. The minimum atomic E-state index is -1.59. The van der Waals surface area contributed by atoms with Crippen LogP contribution in [0.25, 0.3) is 0 Å². The molecule has 0 aliphatic rings. The van der Waals surface area contributed by atoms with Crippen LogP contribution in [0.15, 0.2) is 9.66 Å². The third-order valence-corrected chi connectivity index (χ3v) is 8.63. The highest BCUT2D eigenvalue weighted by molar-refractivity contribution is 14.1. The summed E-state index contributed by atoms with van der Waals surface area (Å²) in [5.74, 6) is 0. The highest BCUT2D eigenvalue weighted by Gasteiger charge is 2.38. The summed E-state index contributed by atoms with van der Waals surface area (Å²) in [6, 6.07) is 0. The summed E-state index contributed by atoms with van der Waals surface area (Å²) >= 11 is 2.27. The molecule has 0 fully saturated rings. The van der Waals surface area contributed by atoms with Crippen molar-refractivity contribution in [3.63, 3.8) is 0 Å². The maximum atomic E-state index is 6.22. The Morgan fingerprint density at radius 2 is 1.79 bits per heavy atom. The Labute approximate surface area is 104 Å². The van der Waals surface area contributed by atoms with Gasteiger partial charge in [-0.05, 0) is 41.6 Å². The van der Waals surface area contributed by atoms with Crippen LogP contribution in [-0.2, 0) is 4.43 Å². The topological polar surface area (TPSA) is 9.23 Å². The van der Waals surface area contributed by atoms with E-state index < -0.39 is 8.32 Å². The molecule has 0 spiro atoms. The summed E-state index contributed by atoms with van der Waals surface area (Å²) in [5, 5.41) is 0.298. The monoisotopic (exact) mass is 326 g/mol. The first kappa shape index (κ1) is 14.6. The van der Waals surface area contributed by atoms with Gasteiger partial charge in [0.15, 0.2) is 8.32 Å². The SMILES string of the molecule is C/C(=C\I)C(C)O[Si](C)(C)C(C)(C)C. The first-order valence-electron chi connectivity index (χ1n) is 5.06. The van der Waals surface area contributed by atoms with E-state index in [4.69, 9.17) is 4.43 Å². The first-order chi connectivity index (χ1) is 6.12. The second-order valence-corrected chi connectivity index (χ2v) is 10.8. The van der Waals surface area contributed by atoms with Crippen molar-refractivity contribution in [1.82, 2.24) is 0 Å². The molecule has 0 bridgehead atoms. The number of rotatable bonds is 3. The molecule has 1 nitrogen and oxygen atoms in total. The summed E-state index contributed by atoms with van der Waals surface area (Å²) in [7, 11) is -1.59. The van der Waals surface area contributed by atoms with Crippen molar-refractivity contribution in [2.45, 2.75) is 58.9 Å². The van der Waals surface area contributed by atoms with Gasteiger partial charge >= 0.3 is 0 Å². The Balaban J connectivity index is 4.53. The smallest absolute Gasteiger partial charge is 0.192 e. The van der Waals surface area contributed by atoms with E-state index in [0.29, 0.717) is 5.04 Å². The third-order valence-electron chi connectivity index (χ3n) is 3.09. The minimum absolute atomic E-state index is 0.257. The van der Waals surface area contributed by atoms with E-state index in [0.717, 1.165) is 0 Å². The van der Waals surface area contributed by atoms with Crippen molar-refractivity contribution in [2.24, 2.45) is 0 Å². The zero-order valence-electron chi connectivity index (χ0n) is 10.4. The molecule has 0 aromatic carbocycles. The predicted octanol–water partition coefficient (Wildman–Crippen LogP) is 4.74. The maximum Gasteiger partial charge on any atom is 0.192 e. The summed E-state index contributed by atoms with van der Waals surface area (Å²) in [6.07, 6.45) is 0.257. The van der Waals surface area contributed by atoms with Gasteiger partial charge in [0.05, 0.1) is 6.10 Å².